The Hall–Kier alpha value is -1.87. The van der Waals surface area contributed by atoms with Gasteiger partial charge in [0.05, 0.1) is 19.3 Å². The summed E-state index contributed by atoms with van der Waals surface area (Å²) in [7, 11) is 0. The second-order valence-corrected chi connectivity index (χ2v) is 10.9. The van der Waals surface area contributed by atoms with Crippen LogP contribution in [0.5, 0.6) is 5.75 Å². The fraction of sp³-hybridized carbons (Fsp3) is 0.714. The molecule has 1 spiro atoms. The normalized spacial score (nSPS) is 23.6. The fourth-order valence-corrected chi connectivity index (χ4v) is 5.59. The molecule has 9 heteroatoms. The number of ether oxygens (including phenoxy) is 2. The molecule has 0 aromatic heterocycles. The summed E-state index contributed by atoms with van der Waals surface area (Å²) in [5.41, 5.74) is 0.384. The number of hydrogen-bond donors (Lipinski definition) is 2. The van der Waals surface area contributed by atoms with E-state index in [1.54, 1.807) is 4.90 Å². The number of hydrogen-bond acceptors (Lipinski definition) is 6. The second-order valence-electron chi connectivity index (χ2n) is 10.9. The summed E-state index contributed by atoms with van der Waals surface area (Å²) in [5.74, 6) is 0.525. The Labute approximate surface area is 227 Å². The summed E-state index contributed by atoms with van der Waals surface area (Å²) in [4.78, 5) is 31.0. The number of amides is 2. The summed E-state index contributed by atoms with van der Waals surface area (Å²) in [5, 5.41) is 13.5. The average molecular weight is 538 g/mol. The van der Waals surface area contributed by atoms with E-state index < -0.39 is 17.7 Å². The number of likely N-dealkylation sites (tertiary alicyclic amines) is 1. The second kappa shape index (κ2) is 13.3. The molecule has 2 N–H and O–H groups in total. The SMILES string of the molecule is CCCCN1C(=O)[C@@H]([C@H](O)C(C)C)NC(=O)C12CCN(Cc1ccc(OC3CCOCC3)cc1)CC2.Cl. The summed E-state index contributed by atoms with van der Waals surface area (Å²) in [6.45, 7) is 10.2. The monoisotopic (exact) mass is 537 g/mol. The van der Waals surface area contributed by atoms with E-state index in [0.29, 0.717) is 19.4 Å². The van der Waals surface area contributed by atoms with Crippen molar-refractivity contribution in [2.45, 2.75) is 89.6 Å². The molecule has 3 aliphatic heterocycles. The third-order valence-corrected chi connectivity index (χ3v) is 8.00. The summed E-state index contributed by atoms with van der Waals surface area (Å²) < 4.78 is 11.5. The van der Waals surface area contributed by atoms with Crippen LogP contribution in [-0.4, -0.2) is 83.4 Å². The zero-order valence-corrected chi connectivity index (χ0v) is 23.3. The van der Waals surface area contributed by atoms with E-state index in [1.807, 2.05) is 26.0 Å². The largest absolute Gasteiger partial charge is 0.490 e. The van der Waals surface area contributed by atoms with Crippen molar-refractivity contribution in [2.75, 3.05) is 32.8 Å². The number of halogens is 1. The van der Waals surface area contributed by atoms with Crippen LogP contribution in [-0.2, 0) is 20.9 Å². The van der Waals surface area contributed by atoms with Gasteiger partial charge < -0.3 is 24.8 Å². The van der Waals surface area contributed by atoms with Crippen molar-refractivity contribution >= 4 is 24.2 Å². The quantitative estimate of drug-likeness (QED) is 0.503. The molecule has 1 aromatic carbocycles. The first-order chi connectivity index (χ1) is 17.3. The molecule has 3 heterocycles. The number of aliphatic hydroxyl groups is 1. The third-order valence-electron chi connectivity index (χ3n) is 8.00. The Balaban J connectivity index is 0.00000380. The maximum Gasteiger partial charge on any atom is 0.248 e. The minimum absolute atomic E-state index is 0. The maximum atomic E-state index is 13.5. The fourth-order valence-electron chi connectivity index (χ4n) is 5.59. The first kappa shape index (κ1) is 29.7. The zero-order valence-electron chi connectivity index (χ0n) is 22.5. The molecule has 3 fully saturated rings. The van der Waals surface area contributed by atoms with Crippen molar-refractivity contribution in [1.29, 1.82) is 0 Å². The van der Waals surface area contributed by atoms with Crippen LogP contribution in [0.4, 0.5) is 0 Å². The van der Waals surface area contributed by atoms with Crippen molar-refractivity contribution in [1.82, 2.24) is 15.1 Å². The van der Waals surface area contributed by atoms with E-state index in [2.05, 4.69) is 29.3 Å². The molecule has 0 saturated carbocycles. The van der Waals surface area contributed by atoms with Crippen molar-refractivity contribution in [3.63, 3.8) is 0 Å². The van der Waals surface area contributed by atoms with Gasteiger partial charge in [0.25, 0.3) is 0 Å². The zero-order chi connectivity index (χ0) is 25.7. The third kappa shape index (κ3) is 6.77. The highest BCUT2D eigenvalue weighted by Crippen LogP contribution is 2.35. The van der Waals surface area contributed by atoms with Gasteiger partial charge in [-0.05, 0) is 42.9 Å². The van der Waals surface area contributed by atoms with Crippen LogP contribution in [0.15, 0.2) is 24.3 Å². The summed E-state index contributed by atoms with van der Waals surface area (Å²) in [6.07, 6.45) is 4.19. The molecule has 1 aromatic rings. The standard InChI is InChI=1S/C28H43N3O5.ClH/c1-4-5-14-31-26(33)24(25(32)20(2)3)29-27(34)28(31)12-15-30(16-13-28)19-21-6-8-22(9-7-21)36-23-10-17-35-18-11-23;/h6-9,20,23-25,32H,4-5,10-19H2,1-3H3,(H,29,34);1H/t24-,25-;/m1./s1. The van der Waals surface area contributed by atoms with E-state index >= 15 is 0 Å². The first-order valence-corrected chi connectivity index (χ1v) is 13.7. The van der Waals surface area contributed by atoms with Crippen molar-refractivity contribution < 1.29 is 24.2 Å². The smallest absolute Gasteiger partial charge is 0.248 e. The van der Waals surface area contributed by atoms with Gasteiger partial charge in [0.15, 0.2) is 0 Å². The molecule has 4 rings (SSSR count). The molecular weight excluding hydrogens is 494 g/mol. The first-order valence-electron chi connectivity index (χ1n) is 13.7. The molecule has 0 aliphatic carbocycles. The predicted octanol–water partition coefficient (Wildman–Crippen LogP) is 3.14. The van der Waals surface area contributed by atoms with Gasteiger partial charge in [-0.1, -0.05) is 39.3 Å². The van der Waals surface area contributed by atoms with Gasteiger partial charge in [-0.3, -0.25) is 14.5 Å². The molecule has 2 amide bonds. The molecule has 8 nitrogen and oxygen atoms in total. The average Bonchev–Trinajstić information content (AvgIpc) is 2.89. The molecule has 0 unspecified atom stereocenters. The lowest BCUT2D eigenvalue weighted by atomic mass is 9.80. The van der Waals surface area contributed by atoms with Gasteiger partial charge >= 0.3 is 0 Å². The molecule has 2 atom stereocenters. The van der Waals surface area contributed by atoms with Gasteiger partial charge in [0.2, 0.25) is 11.8 Å². The lowest BCUT2D eigenvalue weighted by Crippen LogP contribution is -2.74. The lowest BCUT2D eigenvalue weighted by Gasteiger charge is -2.52. The topological polar surface area (TPSA) is 91.3 Å². The van der Waals surface area contributed by atoms with Crippen LogP contribution in [0.25, 0.3) is 0 Å². The highest BCUT2D eigenvalue weighted by molar-refractivity contribution is 6.00. The van der Waals surface area contributed by atoms with Crippen LogP contribution in [0.2, 0.25) is 0 Å². The minimum Gasteiger partial charge on any atom is -0.490 e. The number of rotatable bonds is 9. The maximum absolute atomic E-state index is 13.5. The number of nitrogens with zero attached hydrogens (tertiary/aromatic N) is 2. The molecule has 3 saturated heterocycles. The Morgan fingerprint density at radius 2 is 1.78 bits per heavy atom. The predicted molar refractivity (Wildman–Crippen MR) is 145 cm³/mol. The van der Waals surface area contributed by atoms with Crippen LogP contribution in [0.1, 0.15) is 64.9 Å². The Kier molecular flexibility index (Phi) is 10.6. The van der Waals surface area contributed by atoms with Gasteiger partial charge in [0.1, 0.15) is 23.4 Å². The molecule has 0 bridgehead atoms. The highest BCUT2D eigenvalue weighted by Gasteiger charge is 2.54. The van der Waals surface area contributed by atoms with Crippen LogP contribution >= 0.6 is 12.4 Å². The van der Waals surface area contributed by atoms with Gasteiger partial charge in [-0.25, -0.2) is 0 Å². The number of piperazine rings is 1. The number of unbranched alkanes of at least 4 members (excludes halogenated alkanes) is 1. The van der Waals surface area contributed by atoms with Gasteiger partial charge in [-0.15, -0.1) is 12.4 Å². The van der Waals surface area contributed by atoms with Crippen molar-refractivity contribution in [2.24, 2.45) is 5.92 Å². The molecule has 208 valence electrons. The number of piperidine rings is 1. The van der Waals surface area contributed by atoms with E-state index in [4.69, 9.17) is 9.47 Å². The van der Waals surface area contributed by atoms with Gasteiger partial charge in [-0.2, -0.15) is 0 Å². The van der Waals surface area contributed by atoms with Crippen molar-refractivity contribution in [3.8, 4) is 5.75 Å². The molecular formula is C28H44ClN3O5. The molecule has 0 radical (unpaired) electrons. The highest BCUT2D eigenvalue weighted by atomic mass is 35.5. The number of benzene rings is 1. The van der Waals surface area contributed by atoms with E-state index in [0.717, 1.165) is 64.3 Å². The Morgan fingerprint density at radius 3 is 2.38 bits per heavy atom. The van der Waals surface area contributed by atoms with Crippen LogP contribution in [0.3, 0.4) is 0 Å². The Bertz CT molecular complexity index is 882. The minimum atomic E-state index is -0.888. The number of nitrogens with one attached hydrogen (secondary N) is 1. The summed E-state index contributed by atoms with van der Waals surface area (Å²) >= 11 is 0. The summed E-state index contributed by atoms with van der Waals surface area (Å²) in [6, 6.07) is 7.44. The molecule has 37 heavy (non-hydrogen) atoms. The van der Waals surface area contributed by atoms with Crippen molar-refractivity contribution in [3.05, 3.63) is 29.8 Å². The van der Waals surface area contributed by atoms with E-state index in [9.17, 15) is 14.7 Å². The van der Waals surface area contributed by atoms with E-state index in [1.165, 1.54) is 5.56 Å². The number of carbonyl (C=O) groups excluding carboxylic acids is 2. The van der Waals surface area contributed by atoms with Gasteiger partial charge in [0, 0.05) is 39.0 Å². The lowest BCUT2D eigenvalue weighted by molar-refractivity contribution is -0.165. The molecule has 3 aliphatic rings. The van der Waals surface area contributed by atoms with E-state index in [-0.39, 0.29) is 36.2 Å². The number of carbonyl (C=O) groups is 2. The number of aliphatic hydroxyl groups excluding tert-OH is 1. The van der Waals surface area contributed by atoms with Crippen LogP contribution in [0, 0.1) is 5.92 Å². The van der Waals surface area contributed by atoms with Crippen LogP contribution < -0.4 is 10.1 Å². The Morgan fingerprint density at radius 1 is 1.14 bits per heavy atom.